The summed E-state index contributed by atoms with van der Waals surface area (Å²) in [6.45, 7) is 10.4. The van der Waals surface area contributed by atoms with Gasteiger partial charge in [0.15, 0.2) is 0 Å². The van der Waals surface area contributed by atoms with Crippen LogP contribution in [-0.2, 0) is 16.6 Å². The molecule has 0 aromatic heterocycles. The van der Waals surface area contributed by atoms with Crippen molar-refractivity contribution in [2.24, 2.45) is 5.92 Å². The van der Waals surface area contributed by atoms with Crippen LogP contribution in [0.3, 0.4) is 0 Å². The third-order valence-corrected chi connectivity index (χ3v) is 6.66. The summed E-state index contributed by atoms with van der Waals surface area (Å²) in [6.07, 6.45) is 18.2. The number of unbranched alkanes of at least 4 members (excludes halogenated alkanes) is 12. The first-order valence-electron chi connectivity index (χ1n) is 13.2. The van der Waals surface area contributed by atoms with E-state index in [4.69, 9.17) is 0 Å². The van der Waals surface area contributed by atoms with Gasteiger partial charge in [-0.25, -0.2) is 0 Å². The number of benzene rings is 1. The lowest BCUT2D eigenvalue weighted by atomic mass is 9.82. The minimum Gasteiger partial charge on any atom is -0.507 e. The largest absolute Gasteiger partial charge is 0.507 e. The van der Waals surface area contributed by atoms with Crippen molar-refractivity contribution in [3.05, 3.63) is 28.8 Å². The topological polar surface area (TPSA) is 57.5 Å². The molecule has 1 atom stereocenters. The predicted octanol–water partition coefficient (Wildman–Crippen LogP) is 8.72. The Morgan fingerprint density at radius 1 is 0.844 bits per heavy atom. The highest BCUT2D eigenvalue weighted by Gasteiger charge is 2.23. The van der Waals surface area contributed by atoms with Crippen LogP contribution in [0.15, 0.2) is 12.1 Å². The highest BCUT2D eigenvalue weighted by atomic mass is 16.4. The third kappa shape index (κ3) is 11.4. The Morgan fingerprint density at radius 3 is 1.75 bits per heavy atom. The first-order chi connectivity index (χ1) is 15.2. The van der Waals surface area contributed by atoms with Gasteiger partial charge in [0.2, 0.25) is 0 Å². The second-order valence-corrected chi connectivity index (χ2v) is 10.8. The van der Waals surface area contributed by atoms with Crippen molar-refractivity contribution in [3.8, 4) is 5.75 Å². The van der Waals surface area contributed by atoms with E-state index in [1.807, 2.05) is 19.1 Å². The molecule has 0 aliphatic carbocycles. The standard InChI is InChI=1S/C29H50O3/c1-6-7-8-9-10-11-12-13-14-15-16-17-18-19-25(28(31)32)21-24-20-23(2)27(30)26(22-24)29(3,4)5/h20,22,25,30H,6-19,21H2,1-5H3,(H,31,32). The number of aromatic hydroxyl groups is 1. The maximum Gasteiger partial charge on any atom is 0.306 e. The fraction of sp³-hybridized carbons (Fsp3) is 0.759. The second-order valence-electron chi connectivity index (χ2n) is 10.8. The van der Waals surface area contributed by atoms with Crippen molar-refractivity contribution in [3.63, 3.8) is 0 Å². The van der Waals surface area contributed by atoms with Crippen molar-refractivity contribution >= 4 is 5.97 Å². The molecular formula is C29H50O3. The number of carboxylic acids is 1. The number of carboxylic acid groups (broad SMARTS) is 1. The van der Waals surface area contributed by atoms with E-state index in [1.165, 1.54) is 70.6 Å². The lowest BCUT2D eigenvalue weighted by Gasteiger charge is -2.23. The minimum absolute atomic E-state index is 0.168. The van der Waals surface area contributed by atoms with E-state index in [9.17, 15) is 15.0 Å². The lowest BCUT2D eigenvalue weighted by Crippen LogP contribution is -2.18. The van der Waals surface area contributed by atoms with Crippen molar-refractivity contribution in [2.75, 3.05) is 0 Å². The maximum absolute atomic E-state index is 11.8. The highest BCUT2D eigenvalue weighted by Crippen LogP contribution is 2.35. The first kappa shape index (κ1) is 28.5. The molecule has 0 radical (unpaired) electrons. The molecule has 0 saturated heterocycles. The van der Waals surface area contributed by atoms with Crippen molar-refractivity contribution in [2.45, 2.75) is 136 Å². The summed E-state index contributed by atoms with van der Waals surface area (Å²) in [7, 11) is 0. The van der Waals surface area contributed by atoms with Gasteiger partial charge in [-0.05, 0) is 41.9 Å². The van der Waals surface area contributed by atoms with Gasteiger partial charge < -0.3 is 10.2 Å². The molecule has 0 amide bonds. The van der Waals surface area contributed by atoms with E-state index in [-0.39, 0.29) is 11.3 Å². The molecule has 1 unspecified atom stereocenters. The Labute approximate surface area is 198 Å². The molecule has 3 heteroatoms. The molecule has 0 heterocycles. The van der Waals surface area contributed by atoms with Gasteiger partial charge in [-0.15, -0.1) is 0 Å². The molecule has 2 N–H and O–H groups in total. The zero-order valence-corrected chi connectivity index (χ0v) is 21.6. The van der Waals surface area contributed by atoms with Crippen LogP contribution in [0.5, 0.6) is 5.75 Å². The van der Waals surface area contributed by atoms with Gasteiger partial charge in [-0.1, -0.05) is 123 Å². The van der Waals surface area contributed by atoms with E-state index < -0.39 is 5.97 Å². The monoisotopic (exact) mass is 446 g/mol. The number of carbonyl (C=O) groups is 1. The number of hydrogen-bond donors (Lipinski definition) is 2. The van der Waals surface area contributed by atoms with Crippen LogP contribution in [0.25, 0.3) is 0 Å². The number of phenolic OH excluding ortho intramolecular Hbond substituents is 1. The first-order valence-corrected chi connectivity index (χ1v) is 13.2. The van der Waals surface area contributed by atoms with E-state index in [2.05, 4.69) is 27.7 Å². The van der Waals surface area contributed by atoms with E-state index in [0.717, 1.165) is 36.0 Å². The molecule has 184 valence electrons. The van der Waals surface area contributed by atoms with Crippen molar-refractivity contribution in [1.29, 1.82) is 0 Å². The Bertz CT molecular complexity index is 657. The number of rotatable bonds is 17. The van der Waals surface area contributed by atoms with E-state index in [1.54, 1.807) is 0 Å². The summed E-state index contributed by atoms with van der Waals surface area (Å²) in [5.41, 5.74) is 2.58. The Balaban J connectivity index is 2.30. The van der Waals surface area contributed by atoms with Gasteiger partial charge in [0.25, 0.3) is 0 Å². The van der Waals surface area contributed by atoms with Crippen LogP contribution in [0.1, 0.15) is 134 Å². The fourth-order valence-corrected chi connectivity index (χ4v) is 4.55. The van der Waals surface area contributed by atoms with E-state index in [0.29, 0.717) is 12.2 Å². The second kappa shape index (κ2) is 15.3. The Hall–Kier alpha value is -1.51. The molecule has 1 aromatic carbocycles. The highest BCUT2D eigenvalue weighted by molar-refractivity contribution is 5.70. The average molecular weight is 447 g/mol. The van der Waals surface area contributed by atoms with Gasteiger partial charge in [-0.3, -0.25) is 4.79 Å². The van der Waals surface area contributed by atoms with E-state index >= 15 is 0 Å². The SMILES string of the molecule is CCCCCCCCCCCCCCCC(Cc1cc(C)c(O)c(C(C)(C)C)c1)C(=O)O. The van der Waals surface area contributed by atoms with Crippen LogP contribution in [0.2, 0.25) is 0 Å². The number of aryl methyl sites for hydroxylation is 1. The van der Waals surface area contributed by atoms with Gasteiger partial charge in [0, 0.05) is 0 Å². The van der Waals surface area contributed by atoms with Crippen molar-refractivity contribution in [1.82, 2.24) is 0 Å². The zero-order chi connectivity index (χ0) is 24.0. The molecule has 3 nitrogen and oxygen atoms in total. The molecule has 0 spiro atoms. The molecule has 0 saturated carbocycles. The van der Waals surface area contributed by atoms with Gasteiger partial charge in [-0.2, -0.15) is 0 Å². The summed E-state index contributed by atoms with van der Waals surface area (Å²) in [5.74, 6) is -0.712. The Kier molecular flexibility index (Phi) is 13.7. The molecule has 0 aliphatic rings. The van der Waals surface area contributed by atoms with Gasteiger partial charge in [0.1, 0.15) is 5.75 Å². The summed E-state index contributed by atoms with van der Waals surface area (Å²) in [5, 5.41) is 20.1. The molecule has 0 fully saturated rings. The van der Waals surface area contributed by atoms with Gasteiger partial charge >= 0.3 is 5.97 Å². The zero-order valence-electron chi connectivity index (χ0n) is 21.6. The molecule has 32 heavy (non-hydrogen) atoms. The number of phenols is 1. The molecule has 0 aliphatic heterocycles. The summed E-state index contributed by atoms with van der Waals surface area (Å²) in [4.78, 5) is 11.8. The van der Waals surface area contributed by atoms with Crippen LogP contribution in [0, 0.1) is 12.8 Å². The molecule has 1 aromatic rings. The average Bonchev–Trinajstić information content (AvgIpc) is 2.71. The Morgan fingerprint density at radius 2 is 1.31 bits per heavy atom. The fourth-order valence-electron chi connectivity index (χ4n) is 4.55. The summed E-state index contributed by atoms with van der Waals surface area (Å²) < 4.78 is 0. The molecule has 1 rings (SSSR count). The number of hydrogen-bond acceptors (Lipinski definition) is 2. The summed E-state index contributed by atoms with van der Waals surface area (Å²) in [6, 6.07) is 3.95. The van der Waals surface area contributed by atoms with Gasteiger partial charge in [0.05, 0.1) is 5.92 Å². The third-order valence-electron chi connectivity index (χ3n) is 6.66. The van der Waals surface area contributed by atoms with Crippen LogP contribution in [0.4, 0.5) is 0 Å². The van der Waals surface area contributed by atoms with Crippen LogP contribution < -0.4 is 0 Å². The smallest absolute Gasteiger partial charge is 0.306 e. The minimum atomic E-state index is -0.702. The summed E-state index contributed by atoms with van der Waals surface area (Å²) >= 11 is 0. The quantitative estimate of drug-likeness (QED) is 0.235. The van der Waals surface area contributed by atoms with Crippen LogP contribution >= 0.6 is 0 Å². The number of aliphatic carboxylic acids is 1. The normalized spacial score (nSPS) is 12.8. The predicted molar refractivity (Wildman–Crippen MR) is 137 cm³/mol. The maximum atomic E-state index is 11.8. The lowest BCUT2D eigenvalue weighted by molar-refractivity contribution is -0.142. The molecular weight excluding hydrogens is 396 g/mol. The van der Waals surface area contributed by atoms with Crippen molar-refractivity contribution < 1.29 is 15.0 Å². The van der Waals surface area contributed by atoms with Crippen LogP contribution in [-0.4, -0.2) is 16.2 Å². The molecule has 0 bridgehead atoms.